The molecule has 1 aromatic carbocycles. The van der Waals surface area contributed by atoms with Crippen molar-refractivity contribution in [1.82, 2.24) is 24.6 Å². The number of nitrogens with zero attached hydrogens (tertiary/aromatic N) is 4. The number of H-pyrrole nitrogens is 1. The first-order chi connectivity index (χ1) is 13.5. The molecule has 3 heterocycles. The Balaban J connectivity index is 1.56. The molecule has 4 aromatic rings. The molecule has 0 aliphatic heterocycles. The van der Waals surface area contributed by atoms with Crippen LogP contribution in [0, 0.1) is 0 Å². The number of halogens is 2. The molecule has 0 aliphatic carbocycles. The number of benzene rings is 1. The highest BCUT2D eigenvalue weighted by Crippen LogP contribution is 2.31. The van der Waals surface area contributed by atoms with Crippen molar-refractivity contribution in [3.63, 3.8) is 0 Å². The van der Waals surface area contributed by atoms with E-state index in [1.807, 2.05) is 6.07 Å². The molecule has 0 spiro atoms. The third-order valence-corrected chi connectivity index (χ3v) is 5.49. The molecule has 0 atom stereocenters. The molecule has 0 saturated heterocycles. The second kappa shape index (κ2) is 7.94. The van der Waals surface area contributed by atoms with Crippen molar-refractivity contribution < 1.29 is 4.74 Å². The van der Waals surface area contributed by atoms with Crippen LogP contribution in [0.3, 0.4) is 0 Å². The van der Waals surface area contributed by atoms with Gasteiger partial charge < -0.3 is 4.74 Å². The van der Waals surface area contributed by atoms with Gasteiger partial charge in [0.1, 0.15) is 11.4 Å². The van der Waals surface area contributed by atoms with Crippen molar-refractivity contribution in [2.45, 2.75) is 10.9 Å². The third-order valence-electron chi connectivity index (χ3n) is 3.91. The first-order valence-corrected chi connectivity index (χ1v) is 10.3. The molecule has 0 radical (unpaired) electrons. The van der Waals surface area contributed by atoms with Gasteiger partial charge in [0.05, 0.1) is 18.4 Å². The van der Waals surface area contributed by atoms with Gasteiger partial charge in [-0.05, 0) is 46.3 Å². The largest absolute Gasteiger partial charge is 0.496 e. The van der Waals surface area contributed by atoms with Crippen LogP contribution in [0.4, 0.5) is 0 Å². The maximum atomic E-state index is 12.3. The molecular weight excluding hydrogens is 466 g/mol. The number of hydrogen-bond donors (Lipinski definition) is 1. The van der Waals surface area contributed by atoms with Crippen LogP contribution in [-0.4, -0.2) is 31.7 Å². The minimum atomic E-state index is -0.138. The summed E-state index contributed by atoms with van der Waals surface area (Å²) in [5, 5.41) is 8.23. The van der Waals surface area contributed by atoms with Crippen LogP contribution < -0.4 is 10.3 Å². The Labute approximate surface area is 177 Å². The zero-order valence-corrected chi connectivity index (χ0v) is 17.7. The zero-order valence-electron chi connectivity index (χ0n) is 14.5. The quantitative estimate of drug-likeness (QED) is 0.433. The van der Waals surface area contributed by atoms with Gasteiger partial charge in [-0.15, -0.1) is 5.10 Å². The highest BCUT2D eigenvalue weighted by Gasteiger charge is 2.13. The lowest BCUT2D eigenvalue weighted by Crippen LogP contribution is -2.15. The second-order valence-electron chi connectivity index (χ2n) is 5.76. The van der Waals surface area contributed by atoms with Gasteiger partial charge in [-0.25, -0.2) is 9.97 Å². The number of aromatic nitrogens is 5. The average Bonchev–Trinajstić information content (AvgIpc) is 3.16. The molecular formula is C18H13BrClN5O2S. The van der Waals surface area contributed by atoms with Gasteiger partial charge >= 0.3 is 0 Å². The van der Waals surface area contributed by atoms with Crippen molar-refractivity contribution in [1.29, 1.82) is 0 Å². The maximum Gasteiger partial charge on any atom is 0.258 e. The summed E-state index contributed by atoms with van der Waals surface area (Å²) >= 11 is 10.8. The summed E-state index contributed by atoms with van der Waals surface area (Å²) in [5.41, 5.74) is 1.83. The van der Waals surface area contributed by atoms with Crippen molar-refractivity contribution >= 4 is 44.9 Å². The second-order valence-corrected chi connectivity index (χ2v) is 8.06. The first-order valence-electron chi connectivity index (χ1n) is 8.10. The fraction of sp³-hybridized carbons (Fsp3) is 0.111. The number of aromatic amines is 1. The average molecular weight is 479 g/mol. The number of fused-ring (bicyclic) bond motifs is 1. The first kappa shape index (κ1) is 19.0. The Morgan fingerprint density at radius 1 is 1.25 bits per heavy atom. The van der Waals surface area contributed by atoms with Crippen molar-refractivity contribution in [3.05, 3.63) is 68.1 Å². The minimum Gasteiger partial charge on any atom is -0.496 e. The summed E-state index contributed by atoms with van der Waals surface area (Å²) < 4.78 is 7.66. The van der Waals surface area contributed by atoms with Gasteiger partial charge in [-0.1, -0.05) is 23.4 Å². The standard InChI is InChI=1S/C18H13BrClN5O2S/c1-27-14-4-3-11(20)6-13(14)17-22-18(24-23-17)28-9-12-7-16(26)25-8-10(19)2-5-15(25)21-12/h2-8H,9H2,1H3,(H,22,23,24). The number of rotatable bonds is 5. The van der Waals surface area contributed by atoms with E-state index in [9.17, 15) is 4.79 Å². The van der Waals surface area contributed by atoms with E-state index in [1.165, 1.54) is 22.2 Å². The lowest BCUT2D eigenvalue weighted by atomic mass is 10.2. The number of ether oxygens (including phenoxy) is 1. The predicted molar refractivity (Wildman–Crippen MR) is 112 cm³/mol. The number of pyridine rings is 1. The highest BCUT2D eigenvalue weighted by molar-refractivity contribution is 9.10. The van der Waals surface area contributed by atoms with E-state index in [4.69, 9.17) is 16.3 Å². The Morgan fingerprint density at radius 3 is 2.93 bits per heavy atom. The van der Waals surface area contributed by atoms with Crippen LogP contribution in [0.15, 0.2) is 57.0 Å². The lowest BCUT2D eigenvalue weighted by molar-refractivity contribution is 0.416. The third kappa shape index (κ3) is 3.91. The van der Waals surface area contributed by atoms with Crippen LogP contribution in [0.5, 0.6) is 5.75 Å². The van der Waals surface area contributed by atoms with Gasteiger partial charge in [0.2, 0.25) is 5.16 Å². The summed E-state index contributed by atoms with van der Waals surface area (Å²) in [5.74, 6) is 1.66. The normalized spacial score (nSPS) is 11.1. The van der Waals surface area contributed by atoms with E-state index >= 15 is 0 Å². The van der Waals surface area contributed by atoms with Gasteiger partial charge in [0, 0.05) is 27.5 Å². The molecule has 0 bridgehead atoms. The summed E-state index contributed by atoms with van der Waals surface area (Å²) in [6.45, 7) is 0. The summed E-state index contributed by atoms with van der Waals surface area (Å²) in [6.07, 6.45) is 1.70. The van der Waals surface area contributed by atoms with Crippen LogP contribution in [-0.2, 0) is 5.75 Å². The fourth-order valence-corrected chi connectivity index (χ4v) is 3.84. The Morgan fingerprint density at radius 2 is 2.11 bits per heavy atom. The van der Waals surface area contributed by atoms with E-state index < -0.39 is 0 Å². The predicted octanol–water partition coefficient (Wildman–Crippen LogP) is 4.20. The van der Waals surface area contributed by atoms with Crippen LogP contribution in [0.25, 0.3) is 17.0 Å². The smallest absolute Gasteiger partial charge is 0.258 e. The number of methoxy groups -OCH3 is 1. The molecule has 3 aromatic heterocycles. The topological polar surface area (TPSA) is 85.2 Å². The number of thioether (sulfide) groups is 1. The maximum absolute atomic E-state index is 12.3. The summed E-state index contributed by atoms with van der Waals surface area (Å²) in [6, 6.07) is 10.4. The van der Waals surface area contributed by atoms with E-state index in [0.717, 1.165) is 10.0 Å². The van der Waals surface area contributed by atoms with E-state index in [-0.39, 0.29) is 5.56 Å². The molecule has 142 valence electrons. The van der Waals surface area contributed by atoms with Gasteiger partial charge in [0.25, 0.3) is 5.56 Å². The lowest BCUT2D eigenvalue weighted by Gasteiger charge is -2.05. The zero-order chi connectivity index (χ0) is 19.7. The summed E-state index contributed by atoms with van der Waals surface area (Å²) in [7, 11) is 1.58. The number of nitrogens with one attached hydrogen (secondary N) is 1. The Bertz CT molecular complexity index is 1230. The summed E-state index contributed by atoms with van der Waals surface area (Å²) in [4.78, 5) is 21.3. The molecule has 0 fully saturated rings. The van der Waals surface area contributed by atoms with Crippen molar-refractivity contribution in [3.8, 4) is 17.1 Å². The monoisotopic (exact) mass is 477 g/mol. The SMILES string of the molecule is COc1ccc(Cl)cc1-c1nc(SCc2cc(=O)n3cc(Br)ccc3n2)n[nH]1. The van der Waals surface area contributed by atoms with Gasteiger partial charge in [0.15, 0.2) is 5.82 Å². The molecule has 10 heteroatoms. The Hall–Kier alpha value is -2.36. The van der Waals surface area contributed by atoms with Gasteiger partial charge in [-0.2, -0.15) is 0 Å². The molecule has 28 heavy (non-hydrogen) atoms. The highest BCUT2D eigenvalue weighted by atomic mass is 79.9. The van der Waals surface area contributed by atoms with Crippen LogP contribution in [0.1, 0.15) is 5.69 Å². The van der Waals surface area contributed by atoms with Crippen LogP contribution >= 0.6 is 39.3 Å². The van der Waals surface area contributed by atoms with Crippen LogP contribution in [0.2, 0.25) is 5.02 Å². The molecule has 0 unspecified atom stereocenters. The van der Waals surface area contributed by atoms with Crippen molar-refractivity contribution in [2.24, 2.45) is 0 Å². The van der Waals surface area contributed by atoms with E-state index in [2.05, 4.69) is 36.1 Å². The molecule has 7 nitrogen and oxygen atoms in total. The van der Waals surface area contributed by atoms with Crippen molar-refractivity contribution in [2.75, 3.05) is 7.11 Å². The molecule has 4 rings (SSSR count). The fourth-order valence-electron chi connectivity index (χ4n) is 2.64. The molecule has 0 saturated carbocycles. The Kier molecular flexibility index (Phi) is 5.38. The number of hydrogen-bond acceptors (Lipinski definition) is 6. The van der Waals surface area contributed by atoms with E-state index in [1.54, 1.807) is 37.6 Å². The van der Waals surface area contributed by atoms with E-state index in [0.29, 0.717) is 38.8 Å². The van der Waals surface area contributed by atoms with Gasteiger partial charge in [-0.3, -0.25) is 14.3 Å². The molecule has 1 N–H and O–H groups in total. The molecule has 0 amide bonds. The minimum absolute atomic E-state index is 0.138. The molecule has 0 aliphatic rings.